The standard InChI is InChI=1S/C19H19N5/c1-13-6-8-17(9-7-13)24-15(3)18(12-22-24)14(2)23-19-16(11-20)5-4-10-21-19/h4-10,12,14H,1-3H3,(H,21,23). The molecule has 0 aliphatic heterocycles. The molecule has 0 aliphatic carbocycles. The van der Waals surface area contributed by atoms with Gasteiger partial charge >= 0.3 is 0 Å². The van der Waals surface area contributed by atoms with Crippen LogP contribution >= 0.6 is 0 Å². The average Bonchev–Trinajstić information content (AvgIpc) is 2.98. The zero-order valence-electron chi connectivity index (χ0n) is 14.0. The molecule has 0 saturated carbocycles. The first kappa shape index (κ1) is 15.8. The lowest BCUT2D eigenvalue weighted by atomic mass is 10.1. The number of benzene rings is 1. The third-order valence-electron chi connectivity index (χ3n) is 4.07. The van der Waals surface area contributed by atoms with Crippen molar-refractivity contribution in [2.45, 2.75) is 26.8 Å². The fourth-order valence-electron chi connectivity index (χ4n) is 2.69. The molecule has 0 fully saturated rings. The summed E-state index contributed by atoms with van der Waals surface area (Å²) >= 11 is 0. The molecule has 0 amide bonds. The third-order valence-corrected chi connectivity index (χ3v) is 4.07. The van der Waals surface area contributed by atoms with Crippen molar-refractivity contribution in [1.29, 1.82) is 5.26 Å². The number of hydrogen-bond acceptors (Lipinski definition) is 4. The second-order valence-electron chi connectivity index (χ2n) is 5.81. The van der Waals surface area contributed by atoms with Crippen LogP contribution < -0.4 is 5.32 Å². The summed E-state index contributed by atoms with van der Waals surface area (Å²) in [7, 11) is 0. The van der Waals surface area contributed by atoms with Crippen molar-refractivity contribution < 1.29 is 0 Å². The number of nitrogens with zero attached hydrogens (tertiary/aromatic N) is 4. The first-order chi connectivity index (χ1) is 11.6. The van der Waals surface area contributed by atoms with Crippen LogP contribution in [0.4, 0.5) is 5.82 Å². The molecule has 2 aromatic heterocycles. The highest BCUT2D eigenvalue weighted by atomic mass is 15.3. The minimum Gasteiger partial charge on any atom is -0.362 e. The van der Waals surface area contributed by atoms with E-state index in [9.17, 15) is 5.26 Å². The van der Waals surface area contributed by atoms with Gasteiger partial charge in [-0.1, -0.05) is 17.7 Å². The Hall–Kier alpha value is -3.13. The smallest absolute Gasteiger partial charge is 0.144 e. The van der Waals surface area contributed by atoms with E-state index in [1.165, 1.54) is 5.56 Å². The molecule has 5 nitrogen and oxygen atoms in total. The van der Waals surface area contributed by atoms with E-state index in [1.807, 2.05) is 24.7 Å². The lowest BCUT2D eigenvalue weighted by Gasteiger charge is -2.15. The van der Waals surface area contributed by atoms with Crippen LogP contribution in [-0.2, 0) is 0 Å². The van der Waals surface area contributed by atoms with Crippen molar-refractivity contribution in [2.24, 2.45) is 0 Å². The van der Waals surface area contributed by atoms with E-state index in [0.29, 0.717) is 11.4 Å². The maximum absolute atomic E-state index is 9.19. The van der Waals surface area contributed by atoms with E-state index in [-0.39, 0.29) is 6.04 Å². The van der Waals surface area contributed by atoms with Gasteiger partial charge in [0.15, 0.2) is 0 Å². The quantitative estimate of drug-likeness (QED) is 0.791. The number of aromatic nitrogens is 3. The van der Waals surface area contributed by atoms with Crippen LogP contribution in [-0.4, -0.2) is 14.8 Å². The monoisotopic (exact) mass is 317 g/mol. The van der Waals surface area contributed by atoms with Gasteiger partial charge in [0.2, 0.25) is 0 Å². The highest BCUT2D eigenvalue weighted by Crippen LogP contribution is 2.24. The second kappa shape index (κ2) is 6.55. The van der Waals surface area contributed by atoms with Gasteiger partial charge < -0.3 is 5.32 Å². The maximum atomic E-state index is 9.19. The summed E-state index contributed by atoms with van der Waals surface area (Å²) in [6.45, 7) is 6.15. The minimum atomic E-state index is -0.00815. The molecule has 3 rings (SSSR count). The van der Waals surface area contributed by atoms with Gasteiger partial charge in [0, 0.05) is 17.5 Å². The molecule has 1 aromatic carbocycles. The number of nitriles is 1. The van der Waals surface area contributed by atoms with Gasteiger partial charge in [-0.25, -0.2) is 9.67 Å². The van der Waals surface area contributed by atoms with Crippen molar-refractivity contribution in [2.75, 3.05) is 5.32 Å². The number of hydrogen-bond donors (Lipinski definition) is 1. The normalized spacial score (nSPS) is 11.8. The van der Waals surface area contributed by atoms with Crippen LogP contribution in [0.5, 0.6) is 0 Å². The summed E-state index contributed by atoms with van der Waals surface area (Å²) in [4.78, 5) is 4.26. The number of aryl methyl sites for hydroxylation is 1. The molecule has 1 atom stereocenters. The Kier molecular flexibility index (Phi) is 4.30. The van der Waals surface area contributed by atoms with E-state index in [1.54, 1.807) is 18.3 Å². The van der Waals surface area contributed by atoms with Crippen LogP contribution in [0.2, 0.25) is 0 Å². The van der Waals surface area contributed by atoms with Crippen LogP contribution in [0.25, 0.3) is 5.69 Å². The predicted octanol–water partition coefficient (Wildman–Crippen LogP) is 3.93. The topological polar surface area (TPSA) is 66.5 Å². The van der Waals surface area contributed by atoms with Crippen LogP contribution in [0.1, 0.15) is 35.3 Å². The van der Waals surface area contributed by atoms with Crippen LogP contribution in [0, 0.1) is 25.2 Å². The van der Waals surface area contributed by atoms with E-state index in [0.717, 1.165) is 16.9 Å². The van der Waals surface area contributed by atoms with Gasteiger partial charge in [-0.3, -0.25) is 0 Å². The Labute approximate surface area is 141 Å². The largest absolute Gasteiger partial charge is 0.362 e. The van der Waals surface area contributed by atoms with Gasteiger partial charge in [0.05, 0.1) is 23.5 Å². The number of pyridine rings is 1. The Balaban J connectivity index is 1.88. The molecule has 24 heavy (non-hydrogen) atoms. The lowest BCUT2D eigenvalue weighted by Crippen LogP contribution is -2.10. The van der Waals surface area contributed by atoms with Gasteiger partial charge in [0.25, 0.3) is 0 Å². The maximum Gasteiger partial charge on any atom is 0.144 e. The van der Waals surface area contributed by atoms with Crippen molar-refractivity contribution in [3.8, 4) is 11.8 Å². The molecule has 0 aliphatic rings. The molecule has 3 aromatic rings. The van der Waals surface area contributed by atoms with Crippen molar-refractivity contribution in [3.63, 3.8) is 0 Å². The molecular formula is C19H19N5. The van der Waals surface area contributed by atoms with Crippen molar-refractivity contribution in [3.05, 3.63) is 71.2 Å². The Morgan fingerprint density at radius 1 is 1.17 bits per heavy atom. The molecular weight excluding hydrogens is 298 g/mol. The van der Waals surface area contributed by atoms with E-state index in [2.05, 4.69) is 52.7 Å². The van der Waals surface area contributed by atoms with Gasteiger partial charge in [-0.05, 0) is 45.0 Å². The van der Waals surface area contributed by atoms with Crippen molar-refractivity contribution in [1.82, 2.24) is 14.8 Å². The lowest BCUT2D eigenvalue weighted by molar-refractivity contribution is 0.826. The van der Waals surface area contributed by atoms with Gasteiger partial charge in [-0.2, -0.15) is 10.4 Å². The van der Waals surface area contributed by atoms with Gasteiger partial charge in [-0.15, -0.1) is 0 Å². The molecule has 1 N–H and O–H groups in total. The highest BCUT2D eigenvalue weighted by Gasteiger charge is 2.16. The van der Waals surface area contributed by atoms with Gasteiger partial charge in [0.1, 0.15) is 11.9 Å². The molecule has 5 heteroatoms. The fraction of sp³-hybridized carbons (Fsp3) is 0.211. The first-order valence-corrected chi connectivity index (χ1v) is 7.83. The van der Waals surface area contributed by atoms with Crippen molar-refractivity contribution >= 4 is 5.82 Å². The zero-order valence-corrected chi connectivity index (χ0v) is 14.0. The zero-order chi connectivity index (χ0) is 17.1. The minimum absolute atomic E-state index is 0.00815. The average molecular weight is 317 g/mol. The fourth-order valence-corrected chi connectivity index (χ4v) is 2.69. The van der Waals surface area contributed by atoms with E-state index < -0.39 is 0 Å². The molecule has 0 bridgehead atoms. The summed E-state index contributed by atoms with van der Waals surface area (Å²) in [6, 6.07) is 13.9. The summed E-state index contributed by atoms with van der Waals surface area (Å²) in [5, 5.41) is 17.0. The van der Waals surface area contributed by atoms with Crippen LogP contribution in [0.15, 0.2) is 48.8 Å². The third kappa shape index (κ3) is 2.99. The predicted molar refractivity (Wildman–Crippen MR) is 94.0 cm³/mol. The van der Waals surface area contributed by atoms with E-state index >= 15 is 0 Å². The Bertz CT molecular complexity index is 887. The molecule has 0 radical (unpaired) electrons. The molecule has 120 valence electrons. The Morgan fingerprint density at radius 2 is 1.92 bits per heavy atom. The summed E-state index contributed by atoms with van der Waals surface area (Å²) in [5.74, 6) is 0.593. The molecule has 0 saturated heterocycles. The number of nitrogens with one attached hydrogen (secondary N) is 1. The summed E-state index contributed by atoms with van der Waals surface area (Å²) < 4.78 is 1.93. The Morgan fingerprint density at radius 3 is 2.62 bits per heavy atom. The first-order valence-electron chi connectivity index (χ1n) is 7.83. The molecule has 0 spiro atoms. The number of rotatable bonds is 4. The van der Waals surface area contributed by atoms with Crippen LogP contribution in [0.3, 0.4) is 0 Å². The summed E-state index contributed by atoms with van der Waals surface area (Å²) in [6.07, 6.45) is 3.54. The van der Waals surface area contributed by atoms with E-state index in [4.69, 9.17) is 0 Å². The highest BCUT2D eigenvalue weighted by molar-refractivity contribution is 5.52. The molecule has 1 unspecified atom stereocenters. The number of anilines is 1. The second-order valence-corrected chi connectivity index (χ2v) is 5.81. The molecule has 2 heterocycles. The summed E-state index contributed by atoms with van der Waals surface area (Å²) in [5.41, 5.74) is 4.93. The SMILES string of the molecule is Cc1ccc(-n2ncc(C(C)Nc3ncccc3C#N)c2C)cc1.